The number of esters is 1. The summed E-state index contributed by atoms with van der Waals surface area (Å²) >= 11 is 2.90. The van der Waals surface area contributed by atoms with Crippen LogP contribution in [0.1, 0.15) is 35.8 Å². The van der Waals surface area contributed by atoms with Gasteiger partial charge in [-0.1, -0.05) is 30.3 Å². The second-order valence-electron chi connectivity index (χ2n) is 6.62. The molecule has 3 aromatic rings. The molecule has 0 fully saturated rings. The Kier molecular flexibility index (Phi) is 7.97. The molecule has 160 valence electrons. The molecule has 0 spiro atoms. The molecule has 1 amide bonds. The van der Waals surface area contributed by atoms with Crippen LogP contribution in [0, 0.1) is 0 Å². The lowest BCUT2D eigenvalue weighted by Crippen LogP contribution is -2.22. The number of nitrogens with zero attached hydrogens (tertiary/aromatic N) is 2. The first-order valence-corrected chi connectivity index (χ1v) is 11.7. The van der Waals surface area contributed by atoms with Crippen LogP contribution in [0.15, 0.2) is 64.9 Å². The molecule has 1 aromatic heterocycles. The predicted octanol–water partition coefficient (Wildman–Crippen LogP) is 5.26. The van der Waals surface area contributed by atoms with E-state index in [1.807, 2.05) is 48.7 Å². The molecule has 0 N–H and O–H groups in total. The number of ketones is 1. The highest BCUT2D eigenvalue weighted by atomic mass is 32.2. The number of para-hydroxylation sites is 1. The fourth-order valence-electron chi connectivity index (χ4n) is 2.83. The third-order valence-corrected chi connectivity index (χ3v) is 6.03. The summed E-state index contributed by atoms with van der Waals surface area (Å²) in [5, 5.41) is 2.26. The minimum atomic E-state index is -0.463. The zero-order valence-electron chi connectivity index (χ0n) is 17.2. The molecule has 0 radical (unpaired) electrons. The monoisotopic (exact) mass is 454 g/mol. The maximum Gasteiger partial charge on any atom is 0.306 e. The third kappa shape index (κ3) is 6.26. The predicted molar refractivity (Wildman–Crippen MR) is 123 cm³/mol. The Morgan fingerprint density at radius 2 is 1.74 bits per heavy atom. The average molecular weight is 455 g/mol. The molecule has 0 aliphatic heterocycles. The molecule has 0 bridgehead atoms. The summed E-state index contributed by atoms with van der Waals surface area (Å²) in [7, 11) is 0. The normalized spacial score (nSPS) is 10.5. The Morgan fingerprint density at radius 1 is 1.03 bits per heavy atom. The van der Waals surface area contributed by atoms with Gasteiger partial charge in [-0.2, -0.15) is 0 Å². The number of anilines is 2. The number of Topliss-reactive ketones (excluding diaryl/α,β-unsaturated/α-hetero) is 1. The first-order chi connectivity index (χ1) is 15.0. The highest BCUT2D eigenvalue weighted by Crippen LogP contribution is 2.29. The number of benzene rings is 2. The Bertz CT molecular complexity index is 1050. The van der Waals surface area contributed by atoms with E-state index in [0.29, 0.717) is 16.4 Å². The van der Waals surface area contributed by atoms with E-state index in [2.05, 4.69) is 4.98 Å². The summed E-state index contributed by atoms with van der Waals surface area (Å²) < 4.78 is 5.26. The van der Waals surface area contributed by atoms with Crippen molar-refractivity contribution < 1.29 is 19.1 Å². The summed E-state index contributed by atoms with van der Waals surface area (Å²) in [5.41, 5.74) is 1.85. The molecule has 31 heavy (non-hydrogen) atoms. The molecular weight excluding hydrogens is 432 g/mol. The molecular formula is C23H22N2O4S2. The van der Waals surface area contributed by atoms with Crippen LogP contribution in [0.4, 0.5) is 10.8 Å². The summed E-state index contributed by atoms with van der Waals surface area (Å²) in [4.78, 5) is 43.4. The molecule has 2 aromatic carbocycles. The van der Waals surface area contributed by atoms with E-state index in [-0.39, 0.29) is 31.1 Å². The van der Waals surface area contributed by atoms with Gasteiger partial charge >= 0.3 is 5.97 Å². The van der Waals surface area contributed by atoms with E-state index in [0.717, 1.165) is 10.6 Å². The summed E-state index contributed by atoms with van der Waals surface area (Å²) in [5.74, 6) is -0.719. The molecule has 0 aliphatic rings. The molecule has 0 saturated heterocycles. The number of thioether (sulfide) groups is 1. The van der Waals surface area contributed by atoms with Gasteiger partial charge in [0.15, 0.2) is 10.9 Å². The molecule has 0 aliphatic carbocycles. The maximum absolute atomic E-state index is 12.2. The van der Waals surface area contributed by atoms with Gasteiger partial charge in [-0.25, -0.2) is 4.98 Å². The number of carbonyl (C=O) groups is 3. The van der Waals surface area contributed by atoms with Gasteiger partial charge < -0.3 is 4.74 Å². The standard InChI is InChI=1S/C23H22N2O4S2/c1-16(26)25(19-6-4-3-5-7-19)23-24-18(15-31-23)14-29-22(28)13-12-21(27)17-8-10-20(30-2)11-9-17/h3-11,15H,12-14H2,1-2H3. The van der Waals surface area contributed by atoms with Crippen LogP contribution in [0.25, 0.3) is 0 Å². The zero-order chi connectivity index (χ0) is 22.2. The van der Waals surface area contributed by atoms with Crippen LogP contribution in [0.3, 0.4) is 0 Å². The van der Waals surface area contributed by atoms with Crippen molar-refractivity contribution in [3.8, 4) is 0 Å². The van der Waals surface area contributed by atoms with E-state index in [1.165, 1.54) is 23.2 Å². The van der Waals surface area contributed by atoms with Gasteiger partial charge in [0.05, 0.1) is 17.8 Å². The number of hydrogen-bond donors (Lipinski definition) is 0. The molecule has 8 heteroatoms. The number of ether oxygens (including phenoxy) is 1. The maximum atomic E-state index is 12.2. The van der Waals surface area contributed by atoms with Crippen molar-refractivity contribution in [2.24, 2.45) is 0 Å². The fourth-order valence-corrected chi connectivity index (χ4v) is 4.11. The number of hydrogen-bond acceptors (Lipinski definition) is 7. The van der Waals surface area contributed by atoms with Gasteiger partial charge in [-0.05, 0) is 30.5 Å². The lowest BCUT2D eigenvalue weighted by molar-refractivity contribution is -0.145. The van der Waals surface area contributed by atoms with Crippen molar-refractivity contribution in [2.45, 2.75) is 31.3 Å². The molecule has 0 saturated carbocycles. The lowest BCUT2D eigenvalue weighted by Gasteiger charge is -2.17. The number of carbonyl (C=O) groups excluding carboxylic acids is 3. The van der Waals surface area contributed by atoms with Gasteiger partial charge in [-0.15, -0.1) is 23.1 Å². The lowest BCUT2D eigenvalue weighted by atomic mass is 10.1. The van der Waals surface area contributed by atoms with Gasteiger partial charge in [0, 0.05) is 29.2 Å². The van der Waals surface area contributed by atoms with E-state index in [1.54, 1.807) is 29.3 Å². The van der Waals surface area contributed by atoms with Gasteiger partial charge in [0.2, 0.25) is 5.91 Å². The van der Waals surface area contributed by atoms with Crippen LogP contribution in [0.5, 0.6) is 0 Å². The van der Waals surface area contributed by atoms with Crippen LogP contribution < -0.4 is 4.90 Å². The third-order valence-electron chi connectivity index (χ3n) is 4.41. The van der Waals surface area contributed by atoms with Crippen molar-refractivity contribution in [1.29, 1.82) is 0 Å². The number of amides is 1. The van der Waals surface area contributed by atoms with Crippen LogP contribution in [-0.2, 0) is 20.9 Å². The van der Waals surface area contributed by atoms with E-state index >= 15 is 0 Å². The topological polar surface area (TPSA) is 76.6 Å². The fraction of sp³-hybridized carbons (Fsp3) is 0.217. The Balaban J connectivity index is 1.52. The number of aromatic nitrogens is 1. The number of thiazole rings is 1. The Morgan fingerprint density at radius 3 is 2.39 bits per heavy atom. The van der Waals surface area contributed by atoms with Crippen molar-refractivity contribution >= 4 is 51.6 Å². The molecule has 6 nitrogen and oxygen atoms in total. The SMILES string of the molecule is CSc1ccc(C(=O)CCC(=O)OCc2csc(N(C(C)=O)c3ccccc3)n2)cc1. The molecule has 1 heterocycles. The Hall–Kier alpha value is -2.97. The van der Waals surface area contributed by atoms with Crippen molar-refractivity contribution in [2.75, 3.05) is 11.2 Å². The highest BCUT2D eigenvalue weighted by molar-refractivity contribution is 7.98. The second-order valence-corrected chi connectivity index (χ2v) is 8.34. The van der Waals surface area contributed by atoms with E-state index in [4.69, 9.17) is 4.74 Å². The quantitative estimate of drug-likeness (QED) is 0.249. The second kappa shape index (κ2) is 10.9. The van der Waals surface area contributed by atoms with Gasteiger partial charge in [0.25, 0.3) is 0 Å². The highest BCUT2D eigenvalue weighted by Gasteiger charge is 2.18. The largest absolute Gasteiger partial charge is 0.459 e. The van der Waals surface area contributed by atoms with Crippen LogP contribution in [-0.4, -0.2) is 28.9 Å². The van der Waals surface area contributed by atoms with Crippen LogP contribution in [0.2, 0.25) is 0 Å². The summed E-state index contributed by atoms with van der Waals surface area (Å²) in [6, 6.07) is 16.5. The first kappa shape index (κ1) is 22.7. The zero-order valence-corrected chi connectivity index (χ0v) is 18.9. The number of rotatable bonds is 9. The van der Waals surface area contributed by atoms with Crippen molar-refractivity contribution in [3.63, 3.8) is 0 Å². The molecule has 0 atom stereocenters. The molecule has 3 rings (SSSR count). The Labute approximate surface area is 189 Å². The van der Waals surface area contributed by atoms with Crippen LogP contribution >= 0.6 is 23.1 Å². The van der Waals surface area contributed by atoms with E-state index < -0.39 is 5.97 Å². The van der Waals surface area contributed by atoms with Gasteiger partial charge in [0.1, 0.15) is 6.61 Å². The van der Waals surface area contributed by atoms with Crippen molar-refractivity contribution in [3.05, 3.63) is 71.2 Å². The summed E-state index contributed by atoms with van der Waals surface area (Å²) in [6.07, 6.45) is 2.06. The minimum Gasteiger partial charge on any atom is -0.459 e. The average Bonchev–Trinajstić information content (AvgIpc) is 3.25. The first-order valence-electron chi connectivity index (χ1n) is 9.61. The molecule has 0 unspecified atom stereocenters. The summed E-state index contributed by atoms with van der Waals surface area (Å²) in [6.45, 7) is 1.46. The smallest absolute Gasteiger partial charge is 0.306 e. The van der Waals surface area contributed by atoms with Gasteiger partial charge in [-0.3, -0.25) is 19.3 Å². The minimum absolute atomic E-state index is 0.00366. The van der Waals surface area contributed by atoms with Crippen molar-refractivity contribution in [1.82, 2.24) is 4.98 Å². The van der Waals surface area contributed by atoms with E-state index in [9.17, 15) is 14.4 Å².